The van der Waals surface area contributed by atoms with E-state index in [1.807, 2.05) is 0 Å². The Bertz CT molecular complexity index is 1100. The lowest BCUT2D eigenvalue weighted by molar-refractivity contribution is -0.274. The number of likely N-dealkylation sites (tertiary alicyclic amines) is 1. The molecular weight excluding hydrogens is 442 g/mol. The number of ether oxygens (including phenoxy) is 1. The van der Waals surface area contributed by atoms with E-state index < -0.39 is 12.2 Å². The molecule has 0 aliphatic carbocycles. The Morgan fingerprint density at radius 3 is 2.61 bits per heavy atom. The SMILES string of the molecule is O=C1CC(c2nc(-c3ccc(OC(F)(F)F)cc3)no2)CN1Cc1ccc(F)cc1Cl. The summed E-state index contributed by atoms with van der Waals surface area (Å²) in [6.07, 6.45) is -4.63. The molecule has 1 fully saturated rings. The average Bonchev–Trinajstić information content (AvgIpc) is 3.31. The number of rotatable bonds is 5. The molecule has 1 aliphatic rings. The van der Waals surface area contributed by atoms with Gasteiger partial charge in [-0.1, -0.05) is 22.8 Å². The number of nitrogens with zero attached hydrogens (tertiary/aromatic N) is 3. The molecular formula is C20H14ClF4N3O3. The fourth-order valence-electron chi connectivity index (χ4n) is 3.27. The van der Waals surface area contributed by atoms with Gasteiger partial charge < -0.3 is 14.2 Å². The van der Waals surface area contributed by atoms with Crippen molar-refractivity contribution < 1.29 is 31.6 Å². The summed E-state index contributed by atoms with van der Waals surface area (Å²) in [4.78, 5) is 18.2. The van der Waals surface area contributed by atoms with Crippen LogP contribution in [0, 0.1) is 5.82 Å². The third-order valence-corrected chi connectivity index (χ3v) is 5.08. The molecule has 11 heteroatoms. The van der Waals surface area contributed by atoms with Crippen LogP contribution in [0.3, 0.4) is 0 Å². The Hall–Kier alpha value is -3.14. The topological polar surface area (TPSA) is 68.5 Å². The Morgan fingerprint density at radius 2 is 1.94 bits per heavy atom. The van der Waals surface area contributed by atoms with Crippen LogP contribution in [-0.4, -0.2) is 33.9 Å². The van der Waals surface area contributed by atoms with Gasteiger partial charge in [-0.2, -0.15) is 4.98 Å². The number of amides is 1. The van der Waals surface area contributed by atoms with E-state index in [1.54, 1.807) is 4.90 Å². The summed E-state index contributed by atoms with van der Waals surface area (Å²) >= 11 is 6.04. The number of hydrogen-bond donors (Lipinski definition) is 0. The van der Waals surface area contributed by atoms with Gasteiger partial charge in [-0.25, -0.2) is 4.39 Å². The molecule has 1 saturated heterocycles. The van der Waals surface area contributed by atoms with Crippen molar-refractivity contribution in [1.82, 2.24) is 15.0 Å². The Labute approximate surface area is 178 Å². The van der Waals surface area contributed by atoms with Crippen LogP contribution in [0.15, 0.2) is 47.0 Å². The Balaban J connectivity index is 1.44. The molecule has 1 atom stereocenters. The smallest absolute Gasteiger partial charge is 0.406 e. The first kappa shape index (κ1) is 21.1. The standard InChI is InChI=1S/C20H14ClF4N3O3/c21-16-8-14(22)4-1-12(16)9-28-10-13(7-17(28)29)19-26-18(27-31-19)11-2-5-15(6-3-11)30-20(23,24)25/h1-6,8,13H,7,9-10H2. The first-order valence-electron chi connectivity index (χ1n) is 9.09. The highest BCUT2D eigenvalue weighted by Gasteiger charge is 2.35. The van der Waals surface area contributed by atoms with Crippen molar-refractivity contribution in [3.05, 3.63) is 64.8 Å². The van der Waals surface area contributed by atoms with Gasteiger partial charge in [0, 0.05) is 30.1 Å². The quantitative estimate of drug-likeness (QED) is 0.509. The number of hydrogen-bond acceptors (Lipinski definition) is 5. The molecule has 31 heavy (non-hydrogen) atoms. The third kappa shape index (κ3) is 4.96. The van der Waals surface area contributed by atoms with Crippen LogP contribution in [0.5, 0.6) is 5.75 Å². The van der Waals surface area contributed by atoms with Crippen molar-refractivity contribution in [3.63, 3.8) is 0 Å². The summed E-state index contributed by atoms with van der Waals surface area (Å²) in [5, 5.41) is 4.08. The summed E-state index contributed by atoms with van der Waals surface area (Å²) in [5.74, 6) is -0.889. The first-order chi connectivity index (χ1) is 14.7. The number of aromatic nitrogens is 2. The van der Waals surface area contributed by atoms with Crippen molar-refractivity contribution >= 4 is 17.5 Å². The molecule has 162 valence electrons. The Kier molecular flexibility index (Phi) is 5.57. The van der Waals surface area contributed by atoms with E-state index in [0.29, 0.717) is 17.7 Å². The molecule has 1 aliphatic heterocycles. The predicted molar refractivity (Wildman–Crippen MR) is 101 cm³/mol. The summed E-state index contributed by atoms with van der Waals surface area (Å²) in [6, 6.07) is 9.02. The van der Waals surface area contributed by atoms with E-state index in [-0.39, 0.29) is 47.3 Å². The van der Waals surface area contributed by atoms with Crippen LogP contribution in [-0.2, 0) is 11.3 Å². The third-order valence-electron chi connectivity index (χ3n) is 4.73. The zero-order valence-corrected chi connectivity index (χ0v) is 16.5. The van der Waals surface area contributed by atoms with E-state index in [1.165, 1.54) is 30.3 Å². The van der Waals surface area contributed by atoms with E-state index >= 15 is 0 Å². The maximum atomic E-state index is 13.2. The number of carbonyl (C=O) groups is 1. The fourth-order valence-corrected chi connectivity index (χ4v) is 3.50. The van der Waals surface area contributed by atoms with Gasteiger partial charge in [0.05, 0.1) is 5.92 Å². The maximum absolute atomic E-state index is 13.2. The minimum absolute atomic E-state index is 0.140. The Morgan fingerprint density at radius 1 is 1.19 bits per heavy atom. The van der Waals surface area contributed by atoms with Gasteiger partial charge in [-0.15, -0.1) is 13.2 Å². The second-order valence-corrected chi connectivity index (χ2v) is 7.35. The highest BCUT2D eigenvalue weighted by Crippen LogP contribution is 2.31. The van der Waals surface area contributed by atoms with E-state index in [0.717, 1.165) is 12.1 Å². The van der Waals surface area contributed by atoms with Gasteiger partial charge in [-0.05, 0) is 42.0 Å². The van der Waals surface area contributed by atoms with Gasteiger partial charge >= 0.3 is 6.36 Å². The molecule has 1 amide bonds. The van der Waals surface area contributed by atoms with Crippen LogP contribution in [0.4, 0.5) is 17.6 Å². The van der Waals surface area contributed by atoms with Gasteiger partial charge in [0.2, 0.25) is 17.6 Å². The first-order valence-corrected chi connectivity index (χ1v) is 9.47. The number of carbonyl (C=O) groups excluding carboxylic acids is 1. The minimum Gasteiger partial charge on any atom is -0.406 e. The second kappa shape index (κ2) is 8.18. The summed E-state index contributed by atoms with van der Waals surface area (Å²) < 4.78 is 59.1. The molecule has 0 radical (unpaired) electrons. The highest BCUT2D eigenvalue weighted by atomic mass is 35.5. The lowest BCUT2D eigenvalue weighted by atomic mass is 10.1. The van der Waals surface area contributed by atoms with Crippen LogP contribution in [0.25, 0.3) is 11.4 Å². The van der Waals surface area contributed by atoms with Crippen molar-refractivity contribution in [2.24, 2.45) is 0 Å². The van der Waals surface area contributed by atoms with Crippen molar-refractivity contribution in [2.75, 3.05) is 6.54 Å². The normalized spacial score (nSPS) is 16.7. The number of halogens is 5. The molecule has 0 bridgehead atoms. The molecule has 4 rings (SSSR count). The zero-order chi connectivity index (χ0) is 22.2. The largest absolute Gasteiger partial charge is 0.573 e. The monoisotopic (exact) mass is 455 g/mol. The van der Waals surface area contributed by atoms with E-state index in [4.69, 9.17) is 16.1 Å². The number of benzene rings is 2. The van der Waals surface area contributed by atoms with E-state index in [9.17, 15) is 22.4 Å². The summed E-state index contributed by atoms with van der Waals surface area (Å²) in [5.41, 5.74) is 1.05. The maximum Gasteiger partial charge on any atom is 0.573 e. The van der Waals surface area contributed by atoms with Gasteiger partial charge in [0.1, 0.15) is 11.6 Å². The van der Waals surface area contributed by atoms with Crippen molar-refractivity contribution in [1.29, 1.82) is 0 Å². The van der Waals surface area contributed by atoms with Gasteiger partial charge in [0.15, 0.2) is 0 Å². The van der Waals surface area contributed by atoms with E-state index in [2.05, 4.69) is 14.9 Å². The van der Waals surface area contributed by atoms with Crippen molar-refractivity contribution in [3.8, 4) is 17.1 Å². The molecule has 0 saturated carbocycles. The van der Waals surface area contributed by atoms with Crippen LogP contribution in [0.2, 0.25) is 5.02 Å². The summed E-state index contributed by atoms with van der Waals surface area (Å²) in [7, 11) is 0. The summed E-state index contributed by atoms with van der Waals surface area (Å²) in [6.45, 7) is 0.530. The molecule has 2 aromatic carbocycles. The molecule has 0 spiro atoms. The average molecular weight is 456 g/mol. The van der Waals surface area contributed by atoms with Crippen LogP contribution >= 0.6 is 11.6 Å². The molecule has 0 N–H and O–H groups in total. The highest BCUT2D eigenvalue weighted by molar-refractivity contribution is 6.31. The molecule has 6 nitrogen and oxygen atoms in total. The number of alkyl halides is 3. The second-order valence-electron chi connectivity index (χ2n) is 6.94. The molecule has 1 unspecified atom stereocenters. The fraction of sp³-hybridized carbons (Fsp3) is 0.250. The predicted octanol–water partition coefficient (Wildman–Crippen LogP) is 4.94. The van der Waals surface area contributed by atoms with Crippen LogP contribution < -0.4 is 4.74 Å². The molecule has 2 heterocycles. The van der Waals surface area contributed by atoms with Crippen molar-refractivity contribution in [2.45, 2.75) is 25.2 Å². The molecule has 3 aromatic rings. The molecule has 1 aromatic heterocycles. The lowest BCUT2D eigenvalue weighted by Gasteiger charge is -2.17. The zero-order valence-electron chi connectivity index (χ0n) is 15.7. The minimum atomic E-state index is -4.78. The van der Waals surface area contributed by atoms with Gasteiger partial charge in [0.25, 0.3) is 0 Å². The lowest BCUT2D eigenvalue weighted by Crippen LogP contribution is -2.24. The van der Waals surface area contributed by atoms with Crippen LogP contribution in [0.1, 0.15) is 23.8 Å². The van der Waals surface area contributed by atoms with Gasteiger partial charge in [-0.3, -0.25) is 4.79 Å².